The number of anilines is 1. The standard InChI is InChI=1S/C27H30F3NO3S/c1-26(2,3)10-9-19-15-31(11-12-34-19)23-8-5-17(13-21(23)25(32)33-4)22-16-35-24-14-18(27(28,29)30)6-7-20(22)24/h5-8,13-14,16,19H,9-12,15H2,1-4H3/t19-/m1/s1. The number of ether oxygens (including phenoxy) is 2. The van der Waals surface area contributed by atoms with Gasteiger partial charge in [-0.25, -0.2) is 4.79 Å². The van der Waals surface area contributed by atoms with Gasteiger partial charge in [0.1, 0.15) is 0 Å². The van der Waals surface area contributed by atoms with Gasteiger partial charge in [-0.05, 0) is 53.5 Å². The highest BCUT2D eigenvalue weighted by Gasteiger charge is 2.31. The summed E-state index contributed by atoms with van der Waals surface area (Å²) in [5.41, 5.74) is 2.32. The lowest BCUT2D eigenvalue weighted by Gasteiger charge is -2.36. The fraction of sp³-hybridized carbons (Fsp3) is 0.444. The van der Waals surface area contributed by atoms with Crippen molar-refractivity contribution in [2.45, 2.75) is 45.9 Å². The highest BCUT2D eigenvalue weighted by atomic mass is 32.1. The number of benzene rings is 2. The third-order valence-corrected chi connectivity index (χ3v) is 7.26. The van der Waals surface area contributed by atoms with Crippen LogP contribution in [0.3, 0.4) is 0 Å². The SMILES string of the molecule is COC(=O)c1cc(-c2csc3cc(C(F)(F)F)ccc23)ccc1N1CCO[C@H](CCC(C)(C)C)C1. The van der Waals surface area contributed by atoms with E-state index in [-0.39, 0.29) is 11.5 Å². The predicted octanol–water partition coefficient (Wildman–Crippen LogP) is 7.41. The number of esters is 1. The molecule has 35 heavy (non-hydrogen) atoms. The molecule has 0 aliphatic carbocycles. The highest BCUT2D eigenvalue weighted by Crippen LogP contribution is 2.39. The molecule has 2 aromatic carbocycles. The van der Waals surface area contributed by atoms with Crippen LogP contribution in [0.15, 0.2) is 41.8 Å². The van der Waals surface area contributed by atoms with E-state index in [1.165, 1.54) is 30.6 Å². The number of hydrogen-bond acceptors (Lipinski definition) is 5. The number of alkyl halides is 3. The number of halogens is 3. The van der Waals surface area contributed by atoms with Crippen molar-refractivity contribution in [3.05, 3.63) is 52.9 Å². The zero-order valence-electron chi connectivity index (χ0n) is 20.4. The Morgan fingerprint density at radius 3 is 2.63 bits per heavy atom. The van der Waals surface area contributed by atoms with Gasteiger partial charge in [-0.2, -0.15) is 13.2 Å². The average Bonchev–Trinajstić information content (AvgIpc) is 3.24. The van der Waals surface area contributed by atoms with Gasteiger partial charge in [0.05, 0.1) is 36.6 Å². The summed E-state index contributed by atoms with van der Waals surface area (Å²) in [5, 5.41) is 2.55. The molecule has 1 aliphatic heterocycles. The fourth-order valence-corrected chi connectivity index (χ4v) is 5.40. The molecular weight excluding hydrogens is 475 g/mol. The number of thiophene rings is 1. The first-order valence-corrected chi connectivity index (χ1v) is 12.5. The molecule has 0 bridgehead atoms. The zero-order chi connectivity index (χ0) is 25.4. The molecule has 8 heteroatoms. The number of hydrogen-bond donors (Lipinski definition) is 0. The van der Waals surface area contributed by atoms with Crippen LogP contribution in [0.1, 0.15) is 49.5 Å². The number of carbonyl (C=O) groups excluding carboxylic acids is 1. The van der Waals surface area contributed by atoms with E-state index in [1.807, 2.05) is 17.5 Å². The van der Waals surface area contributed by atoms with Crippen molar-refractivity contribution >= 4 is 33.1 Å². The van der Waals surface area contributed by atoms with Crippen molar-refractivity contribution in [3.8, 4) is 11.1 Å². The van der Waals surface area contributed by atoms with E-state index in [1.54, 1.807) is 6.07 Å². The summed E-state index contributed by atoms with van der Waals surface area (Å²) >= 11 is 1.26. The molecule has 0 radical (unpaired) electrons. The van der Waals surface area contributed by atoms with Crippen LogP contribution < -0.4 is 4.90 Å². The van der Waals surface area contributed by atoms with Gasteiger partial charge >= 0.3 is 12.1 Å². The lowest BCUT2D eigenvalue weighted by atomic mass is 9.89. The number of methoxy groups -OCH3 is 1. The summed E-state index contributed by atoms with van der Waals surface area (Å²) < 4.78 is 51.0. The summed E-state index contributed by atoms with van der Waals surface area (Å²) in [7, 11) is 1.35. The Morgan fingerprint density at radius 1 is 1.17 bits per heavy atom. The Labute approximate surface area is 207 Å². The smallest absolute Gasteiger partial charge is 0.416 e. The van der Waals surface area contributed by atoms with Crippen LogP contribution in [-0.4, -0.2) is 38.9 Å². The van der Waals surface area contributed by atoms with Gasteiger partial charge in [-0.3, -0.25) is 0 Å². The van der Waals surface area contributed by atoms with Gasteiger partial charge in [0.25, 0.3) is 0 Å². The van der Waals surface area contributed by atoms with E-state index in [9.17, 15) is 18.0 Å². The van der Waals surface area contributed by atoms with Crippen LogP contribution in [0.4, 0.5) is 18.9 Å². The fourth-order valence-electron chi connectivity index (χ4n) is 4.39. The molecule has 4 nitrogen and oxygen atoms in total. The van der Waals surface area contributed by atoms with Crippen LogP contribution in [0.25, 0.3) is 21.2 Å². The maximum atomic E-state index is 13.1. The van der Waals surface area contributed by atoms with E-state index in [0.717, 1.165) is 41.1 Å². The van der Waals surface area contributed by atoms with Crippen molar-refractivity contribution < 1.29 is 27.4 Å². The van der Waals surface area contributed by atoms with Crippen LogP contribution in [0, 0.1) is 5.41 Å². The zero-order valence-corrected chi connectivity index (χ0v) is 21.2. The topological polar surface area (TPSA) is 38.8 Å². The third-order valence-electron chi connectivity index (χ3n) is 6.31. The Bertz CT molecular complexity index is 1210. The minimum atomic E-state index is -4.39. The predicted molar refractivity (Wildman–Crippen MR) is 134 cm³/mol. The molecule has 1 aliphatic rings. The molecule has 1 saturated heterocycles. The molecule has 0 spiro atoms. The van der Waals surface area contributed by atoms with E-state index in [4.69, 9.17) is 9.47 Å². The highest BCUT2D eigenvalue weighted by molar-refractivity contribution is 7.17. The molecule has 0 saturated carbocycles. The van der Waals surface area contributed by atoms with Gasteiger partial charge in [0.2, 0.25) is 0 Å². The number of fused-ring (bicyclic) bond motifs is 1. The Kier molecular flexibility index (Phi) is 7.16. The molecule has 3 aromatic rings. The minimum Gasteiger partial charge on any atom is -0.465 e. The van der Waals surface area contributed by atoms with Crippen molar-refractivity contribution in [3.63, 3.8) is 0 Å². The molecule has 188 valence electrons. The van der Waals surface area contributed by atoms with Gasteiger partial charge < -0.3 is 14.4 Å². The lowest BCUT2D eigenvalue weighted by molar-refractivity contribution is -0.137. The number of carbonyl (C=O) groups is 1. The molecule has 1 aromatic heterocycles. The normalized spacial score (nSPS) is 17.1. The van der Waals surface area contributed by atoms with E-state index in [0.29, 0.717) is 30.0 Å². The number of nitrogens with zero attached hydrogens (tertiary/aromatic N) is 1. The van der Waals surface area contributed by atoms with Crippen LogP contribution in [-0.2, 0) is 15.7 Å². The first-order chi connectivity index (χ1) is 16.5. The van der Waals surface area contributed by atoms with Crippen LogP contribution in [0.5, 0.6) is 0 Å². The number of rotatable bonds is 5. The van der Waals surface area contributed by atoms with Gasteiger partial charge in [-0.15, -0.1) is 11.3 Å². The molecule has 4 rings (SSSR count). The van der Waals surface area contributed by atoms with Gasteiger partial charge in [-0.1, -0.05) is 32.9 Å². The number of morpholine rings is 1. The van der Waals surface area contributed by atoms with E-state index >= 15 is 0 Å². The molecule has 0 amide bonds. The largest absolute Gasteiger partial charge is 0.465 e. The van der Waals surface area contributed by atoms with Crippen molar-refractivity contribution in [2.24, 2.45) is 5.41 Å². The van der Waals surface area contributed by atoms with Crippen molar-refractivity contribution in [1.29, 1.82) is 0 Å². The summed E-state index contributed by atoms with van der Waals surface area (Å²) in [6, 6.07) is 9.36. The second-order valence-electron chi connectivity index (χ2n) is 10.1. The van der Waals surface area contributed by atoms with E-state index < -0.39 is 17.7 Å². The quantitative estimate of drug-likeness (QED) is 0.339. The minimum absolute atomic E-state index is 0.0804. The second-order valence-corrected chi connectivity index (χ2v) is 11.0. The monoisotopic (exact) mass is 505 g/mol. The summed E-state index contributed by atoms with van der Waals surface area (Å²) in [6.07, 6.45) is -2.33. The first kappa shape index (κ1) is 25.5. The second kappa shape index (κ2) is 9.82. The molecular formula is C27H30F3NO3S. The molecule has 2 heterocycles. The van der Waals surface area contributed by atoms with Gasteiger partial charge in [0, 0.05) is 28.7 Å². The van der Waals surface area contributed by atoms with Crippen molar-refractivity contribution in [1.82, 2.24) is 0 Å². The maximum Gasteiger partial charge on any atom is 0.416 e. The first-order valence-electron chi connectivity index (χ1n) is 11.6. The summed E-state index contributed by atoms with van der Waals surface area (Å²) in [4.78, 5) is 14.9. The third kappa shape index (κ3) is 5.81. The Hall–Kier alpha value is -2.58. The maximum absolute atomic E-state index is 13.1. The average molecular weight is 506 g/mol. The van der Waals surface area contributed by atoms with Gasteiger partial charge in [0.15, 0.2) is 0 Å². The van der Waals surface area contributed by atoms with Crippen molar-refractivity contribution in [2.75, 3.05) is 31.7 Å². The Balaban J connectivity index is 1.65. The lowest BCUT2D eigenvalue weighted by Crippen LogP contribution is -2.43. The molecule has 1 atom stereocenters. The molecule has 0 N–H and O–H groups in total. The van der Waals surface area contributed by atoms with E-state index in [2.05, 4.69) is 25.7 Å². The van der Waals surface area contributed by atoms with Crippen LogP contribution in [0.2, 0.25) is 0 Å². The summed E-state index contributed by atoms with van der Waals surface area (Å²) in [6.45, 7) is 8.55. The Morgan fingerprint density at radius 2 is 1.94 bits per heavy atom. The molecule has 1 fully saturated rings. The molecule has 0 unspecified atom stereocenters. The van der Waals surface area contributed by atoms with Crippen LogP contribution >= 0.6 is 11.3 Å². The summed E-state index contributed by atoms with van der Waals surface area (Å²) in [5.74, 6) is -0.446.